The van der Waals surface area contributed by atoms with Gasteiger partial charge in [0, 0.05) is 22.7 Å². The van der Waals surface area contributed by atoms with Crippen LogP contribution in [0.25, 0.3) is 0 Å². The second-order valence-corrected chi connectivity index (χ2v) is 8.42. The highest BCUT2D eigenvalue weighted by Crippen LogP contribution is 2.36. The Balaban J connectivity index is 1.66. The lowest BCUT2D eigenvalue weighted by atomic mass is 9.81. The summed E-state index contributed by atoms with van der Waals surface area (Å²) in [5, 5.41) is 0.667. The molecule has 0 bridgehead atoms. The topological polar surface area (TPSA) is 68.4 Å². The lowest BCUT2D eigenvalue weighted by Gasteiger charge is -2.22. The average Bonchev–Trinajstić information content (AvgIpc) is 3.17. The number of nitrogens with one attached hydrogen (secondary N) is 1. The minimum Gasteiger partial charge on any atom is -0.497 e. The maximum Gasteiger partial charge on any atom is 0.355 e. The van der Waals surface area contributed by atoms with E-state index in [9.17, 15) is 9.59 Å². The standard InChI is InChI=1S/C26H26ClNO4/c1-3-32-26(30)25-21(12-7-16-5-4-6-20(13-16)31-2)24-22(28-25)14-18(15-23(24)29)17-8-10-19(27)11-9-17/h4-6,8-11,13,18,28H,3,7,12,14-15H2,1-2H3/t18-/m0/s1. The minimum absolute atomic E-state index is 0.0483. The molecule has 32 heavy (non-hydrogen) atoms. The van der Waals surface area contributed by atoms with Gasteiger partial charge in [0.15, 0.2) is 5.78 Å². The smallest absolute Gasteiger partial charge is 0.355 e. The molecule has 1 heterocycles. The Hall–Kier alpha value is -3.05. The molecule has 0 aliphatic heterocycles. The van der Waals surface area contributed by atoms with E-state index < -0.39 is 5.97 Å². The van der Waals surface area contributed by atoms with Crippen LogP contribution in [-0.2, 0) is 24.0 Å². The third-order valence-corrected chi connectivity index (χ3v) is 6.21. The van der Waals surface area contributed by atoms with Crippen molar-refractivity contribution in [1.82, 2.24) is 4.98 Å². The summed E-state index contributed by atoms with van der Waals surface area (Å²) in [7, 11) is 1.64. The van der Waals surface area contributed by atoms with Crippen LogP contribution in [-0.4, -0.2) is 30.5 Å². The van der Waals surface area contributed by atoms with Crippen LogP contribution >= 0.6 is 11.6 Å². The quantitative estimate of drug-likeness (QED) is 0.478. The summed E-state index contributed by atoms with van der Waals surface area (Å²) >= 11 is 6.02. The maximum atomic E-state index is 13.2. The first-order chi connectivity index (χ1) is 15.5. The number of carbonyl (C=O) groups is 2. The van der Waals surface area contributed by atoms with Crippen molar-refractivity contribution in [3.05, 3.63) is 87.2 Å². The molecule has 5 nitrogen and oxygen atoms in total. The number of H-pyrrole nitrogens is 1. The molecule has 1 N–H and O–H groups in total. The molecule has 0 radical (unpaired) electrons. The molecule has 0 saturated carbocycles. The lowest BCUT2D eigenvalue weighted by molar-refractivity contribution is 0.0518. The van der Waals surface area contributed by atoms with Crippen molar-refractivity contribution in [3.8, 4) is 5.75 Å². The van der Waals surface area contributed by atoms with E-state index in [1.54, 1.807) is 14.0 Å². The monoisotopic (exact) mass is 451 g/mol. The number of aromatic amines is 1. The van der Waals surface area contributed by atoms with Gasteiger partial charge in [-0.25, -0.2) is 4.79 Å². The summed E-state index contributed by atoms with van der Waals surface area (Å²) in [5.41, 5.74) is 4.76. The highest BCUT2D eigenvalue weighted by Gasteiger charge is 2.33. The van der Waals surface area contributed by atoms with Crippen LogP contribution in [0.1, 0.15) is 62.5 Å². The predicted octanol–water partition coefficient (Wildman–Crippen LogP) is 5.55. The molecule has 2 aromatic carbocycles. The molecular weight excluding hydrogens is 426 g/mol. The van der Waals surface area contributed by atoms with E-state index in [-0.39, 0.29) is 18.3 Å². The van der Waals surface area contributed by atoms with E-state index in [1.165, 1.54) is 0 Å². The normalized spacial score (nSPS) is 15.3. The first-order valence-corrected chi connectivity index (χ1v) is 11.2. The van der Waals surface area contributed by atoms with E-state index in [0.29, 0.717) is 42.0 Å². The molecule has 0 amide bonds. The molecule has 0 saturated heterocycles. The summed E-state index contributed by atoms with van der Waals surface area (Å²) in [6.45, 7) is 2.05. The third kappa shape index (κ3) is 4.58. The van der Waals surface area contributed by atoms with Gasteiger partial charge in [-0.3, -0.25) is 4.79 Å². The van der Waals surface area contributed by atoms with Crippen molar-refractivity contribution in [1.29, 1.82) is 0 Å². The van der Waals surface area contributed by atoms with Crippen LogP contribution in [0.5, 0.6) is 5.75 Å². The highest BCUT2D eigenvalue weighted by atomic mass is 35.5. The zero-order chi connectivity index (χ0) is 22.7. The summed E-state index contributed by atoms with van der Waals surface area (Å²) in [6, 6.07) is 15.4. The number of carbonyl (C=O) groups excluding carboxylic acids is 2. The van der Waals surface area contributed by atoms with E-state index >= 15 is 0 Å². The fourth-order valence-electron chi connectivity index (χ4n) is 4.43. The minimum atomic E-state index is -0.418. The molecule has 0 fully saturated rings. The number of fused-ring (bicyclic) bond motifs is 1. The van der Waals surface area contributed by atoms with Gasteiger partial charge in [0.05, 0.1) is 13.7 Å². The largest absolute Gasteiger partial charge is 0.497 e. The number of benzene rings is 2. The van der Waals surface area contributed by atoms with Gasteiger partial charge in [-0.2, -0.15) is 0 Å². The zero-order valence-electron chi connectivity index (χ0n) is 18.2. The Labute approximate surface area is 192 Å². The zero-order valence-corrected chi connectivity index (χ0v) is 19.0. The summed E-state index contributed by atoms with van der Waals surface area (Å²) < 4.78 is 10.6. The summed E-state index contributed by atoms with van der Waals surface area (Å²) in [6.07, 6.45) is 2.31. The molecule has 166 valence electrons. The van der Waals surface area contributed by atoms with Crippen LogP contribution in [0.3, 0.4) is 0 Å². The highest BCUT2D eigenvalue weighted by molar-refractivity contribution is 6.30. The first-order valence-electron chi connectivity index (χ1n) is 10.8. The Morgan fingerprint density at radius 3 is 2.62 bits per heavy atom. The number of hydrogen-bond donors (Lipinski definition) is 1. The molecule has 1 aliphatic rings. The molecule has 3 aromatic rings. The molecule has 1 aliphatic carbocycles. The van der Waals surface area contributed by atoms with Crippen LogP contribution in [0.4, 0.5) is 0 Å². The fraction of sp³-hybridized carbons (Fsp3) is 0.308. The number of methoxy groups -OCH3 is 1. The van der Waals surface area contributed by atoms with Gasteiger partial charge >= 0.3 is 5.97 Å². The van der Waals surface area contributed by atoms with Gasteiger partial charge < -0.3 is 14.5 Å². The second-order valence-electron chi connectivity index (χ2n) is 7.98. The molecule has 6 heteroatoms. The van der Waals surface area contributed by atoms with Crippen LogP contribution in [0, 0.1) is 0 Å². The second kappa shape index (κ2) is 9.61. The van der Waals surface area contributed by atoms with Crippen molar-refractivity contribution in [3.63, 3.8) is 0 Å². The number of ether oxygens (including phenoxy) is 2. The van der Waals surface area contributed by atoms with Gasteiger partial charge in [-0.15, -0.1) is 0 Å². The van der Waals surface area contributed by atoms with Gasteiger partial charge in [0.1, 0.15) is 11.4 Å². The van der Waals surface area contributed by atoms with Gasteiger partial charge in [0.2, 0.25) is 0 Å². The third-order valence-electron chi connectivity index (χ3n) is 5.96. The Kier molecular flexibility index (Phi) is 6.66. The van der Waals surface area contributed by atoms with Crippen molar-refractivity contribution in [2.45, 2.75) is 38.5 Å². The van der Waals surface area contributed by atoms with E-state index in [0.717, 1.165) is 28.1 Å². The molecule has 1 atom stereocenters. The fourth-order valence-corrected chi connectivity index (χ4v) is 4.55. The van der Waals surface area contributed by atoms with Crippen molar-refractivity contribution in [2.75, 3.05) is 13.7 Å². The molecular formula is C26H26ClNO4. The maximum absolute atomic E-state index is 13.2. The number of aryl methyl sites for hydroxylation is 1. The Bertz CT molecular complexity index is 1130. The van der Waals surface area contributed by atoms with Gasteiger partial charge in [0.25, 0.3) is 0 Å². The number of aromatic nitrogens is 1. The molecule has 4 rings (SSSR count). The summed E-state index contributed by atoms with van der Waals surface area (Å²) in [5.74, 6) is 0.468. The van der Waals surface area contributed by atoms with E-state index in [4.69, 9.17) is 21.1 Å². The van der Waals surface area contributed by atoms with E-state index in [1.807, 2.05) is 48.5 Å². The number of Topliss-reactive ketones (excluding diaryl/α,β-unsaturated/α-hetero) is 1. The van der Waals surface area contributed by atoms with Gasteiger partial charge in [-0.1, -0.05) is 35.9 Å². The number of ketones is 1. The Morgan fingerprint density at radius 2 is 1.91 bits per heavy atom. The van der Waals surface area contributed by atoms with Crippen LogP contribution < -0.4 is 4.74 Å². The average molecular weight is 452 g/mol. The Morgan fingerprint density at radius 1 is 1.12 bits per heavy atom. The number of esters is 1. The van der Waals surface area contributed by atoms with E-state index in [2.05, 4.69) is 4.98 Å². The van der Waals surface area contributed by atoms with Crippen molar-refractivity contribution in [2.24, 2.45) is 0 Å². The SMILES string of the molecule is CCOC(=O)c1[nH]c2c(c1CCc1cccc(OC)c1)C(=O)C[C@@H](c1ccc(Cl)cc1)C2. The number of halogens is 1. The number of rotatable bonds is 7. The summed E-state index contributed by atoms with van der Waals surface area (Å²) in [4.78, 5) is 29.2. The predicted molar refractivity (Wildman–Crippen MR) is 124 cm³/mol. The molecule has 1 aromatic heterocycles. The first kappa shape index (κ1) is 22.2. The van der Waals surface area contributed by atoms with Crippen molar-refractivity contribution < 1.29 is 19.1 Å². The van der Waals surface area contributed by atoms with Crippen LogP contribution in [0.2, 0.25) is 5.02 Å². The lowest BCUT2D eigenvalue weighted by Crippen LogP contribution is -2.19. The van der Waals surface area contributed by atoms with Gasteiger partial charge in [-0.05, 0) is 73.1 Å². The van der Waals surface area contributed by atoms with Crippen molar-refractivity contribution >= 4 is 23.4 Å². The number of hydrogen-bond acceptors (Lipinski definition) is 4. The van der Waals surface area contributed by atoms with Crippen LogP contribution in [0.15, 0.2) is 48.5 Å². The molecule has 0 spiro atoms. The molecule has 0 unspecified atom stereocenters.